The maximum Gasteiger partial charge on any atom is 0.147 e. The number of aromatic nitrogens is 4. The molecule has 0 bridgehead atoms. The van der Waals surface area contributed by atoms with Gasteiger partial charge < -0.3 is 62.5 Å². The number of nitrogens with zero attached hydrogens (tertiary/aromatic N) is 10. The summed E-state index contributed by atoms with van der Waals surface area (Å²) in [5.41, 5.74) is 5.03. The van der Waals surface area contributed by atoms with Crippen LogP contribution in [0.15, 0.2) is 210 Å². The lowest BCUT2D eigenvalue weighted by atomic mass is 10.1. The van der Waals surface area contributed by atoms with Crippen LogP contribution in [0.3, 0.4) is 0 Å². The van der Waals surface area contributed by atoms with Crippen LogP contribution in [-0.4, -0.2) is 108 Å². The average Bonchev–Trinajstić information content (AvgIpc) is 3.46. The lowest BCUT2D eigenvalue weighted by Gasteiger charge is -2.40. The summed E-state index contributed by atoms with van der Waals surface area (Å²) in [6.45, 7) is 9.81. The van der Waals surface area contributed by atoms with E-state index in [1.807, 2.05) is 71.8 Å². The first-order valence-corrected chi connectivity index (χ1v) is 29.8. The number of benzene rings is 4. The number of rotatable bonds is 20. The number of fused-ring (bicyclic) bond motifs is 8. The molecule has 8 heterocycles. The van der Waals surface area contributed by atoms with Crippen molar-refractivity contribution in [2.24, 2.45) is 0 Å². The van der Waals surface area contributed by atoms with Gasteiger partial charge in [0.2, 0.25) is 0 Å². The van der Waals surface area contributed by atoms with E-state index in [2.05, 4.69) is 179 Å². The van der Waals surface area contributed by atoms with Crippen LogP contribution >= 0.6 is 47.0 Å². The molecule has 396 valence electrons. The van der Waals surface area contributed by atoms with Crippen LogP contribution in [0.2, 0.25) is 0 Å². The molecule has 16 heteroatoms. The van der Waals surface area contributed by atoms with E-state index in [4.69, 9.17) is 19.9 Å². The van der Waals surface area contributed by atoms with Gasteiger partial charge in [0, 0.05) is 44.4 Å². The van der Waals surface area contributed by atoms with E-state index < -0.39 is 0 Å². The molecule has 0 amide bonds. The first-order chi connectivity index (χ1) is 36.9. The lowest BCUT2D eigenvalue weighted by Crippen LogP contribution is -3.00. The van der Waals surface area contributed by atoms with Crippen LogP contribution in [-0.2, 0) is 0 Å². The highest BCUT2D eigenvalue weighted by Gasteiger charge is 2.34. The Morgan fingerprint density at radius 3 is 0.805 bits per heavy atom. The quantitative estimate of drug-likeness (QED) is 0.0543. The van der Waals surface area contributed by atoms with E-state index in [1.165, 1.54) is 94.0 Å². The Hall–Kier alpha value is -5.04. The summed E-state index contributed by atoms with van der Waals surface area (Å²) < 4.78 is 1.92. The average molecular weight is 1230 g/mol. The zero-order valence-corrected chi connectivity index (χ0v) is 50.1. The van der Waals surface area contributed by atoms with Crippen LogP contribution in [0.1, 0.15) is 32.1 Å². The smallest absolute Gasteiger partial charge is 0.147 e. The van der Waals surface area contributed by atoms with Gasteiger partial charge in [0.05, 0.1) is 122 Å². The monoisotopic (exact) mass is 1220 g/mol. The van der Waals surface area contributed by atoms with E-state index in [0.29, 0.717) is 0 Å². The fourth-order valence-corrected chi connectivity index (χ4v) is 15.4. The third-order valence-corrected chi connectivity index (χ3v) is 19.8. The number of hydrogen-bond acceptors (Lipinski definition) is 12. The Labute approximate surface area is 492 Å². The van der Waals surface area contributed by atoms with Crippen molar-refractivity contribution in [3.05, 3.63) is 170 Å². The lowest BCUT2D eigenvalue weighted by molar-refractivity contribution is -0.907. The summed E-state index contributed by atoms with van der Waals surface area (Å²) in [6, 6.07) is 52.5. The number of quaternary nitrogens is 2. The van der Waals surface area contributed by atoms with Gasteiger partial charge in [-0.3, -0.25) is 0 Å². The summed E-state index contributed by atoms with van der Waals surface area (Å²) in [5, 5.41) is 0. The maximum atomic E-state index is 4.96. The predicted octanol–water partition coefficient (Wildman–Crippen LogP) is 8.63. The van der Waals surface area contributed by atoms with Crippen molar-refractivity contribution < 1.29 is 42.9 Å². The topological polar surface area (TPSA) is 64.5 Å². The van der Waals surface area contributed by atoms with Gasteiger partial charge >= 0.3 is 0 Å². The third-order valence-electron chi connectivity index (χ3n) is 15.4. The molecule has 4 aromatic carbocycles. The van der Waals surface area contributed by atoms with Crippen LogP contribution in [0.5, 0.6) is 0 Å². The van der Waals surface area contributed by atoms with Crippen LogP contribution in [0.25, 0.3) is 0 Å². The fraction of sp³-hybridized carbons (Fsp3) is 0.279. The normalized spacial score (nSPS) is 13.8. The van der Waals surface area contributed by atoms with E-state index in [1.54, 1.807) is 0 Å². The third kappa shape index (κ3) is 12.1. The van der Waals surface area contributed by atoms with Crippen molar-refractivity contribution in [3.63, 3.8) is 0 Å². The highest BCUT2D eigenvalue weighted by molar-refractivity contribution is 8.00. The molecule has 0 fully saturated rings. The Bertz CT molecular complexity index is 2710. The maximum absolute atomic E-state index is 4.96. The van der Waals surface area contributed by atoms with Crippen molar-refractivity contribution in [1.29, 1.82) is 0 Å². The molecule has 12 rings (SSSR count). The molecule has 77 heavy (non-hydrogen) atoms. The van der Waals surface area contributed by atoms with Gasteiger partial charge in [0.1, 0.15) is 23.3 Å². The van der Waals surface area contributed by atoms with Crippen LogP contribution in [0.4, 0.5) is 46.0 Å². The molecule has 4 aliphatic rings. The van der Waals surface area contributed by atoms with Gasteiger partial charge in [-0.1, -0.05) is 102 Å². The molecule has 0 radical (unpaired) electrons. The molecule has 0 N–H and O–H groups in total. The van der Waals surface area contributed by atoms with Crippen LogP contribution in [0, 0.1) is 0 Å². The van der Waals surface area contributed by atoms with Crippen molar-refractivity contribution in [1.82, 2.24) is 19.9 Å². The largest absolute Gasteiger partial charge is 1.00 e. The number of anilines is 8. The Kier molecular flexibility index (Phi) is 17.9. The zero-order valence-electron chi connectivity index (χ0n) is 43.6. The minimum atomic E-state index is 0. The number of likely N-dealkylation sites (N-methyl/N-ethyl adjacent to an activating group) is 2. The van der Waals surface area contributed by atoms with Gasteiger partial charge in [-0.15, -0.1) is 0 Å². The van der Waals surface area contributed by atoms with E-state index in [0.717, 1.165) is 97.7 Å². The molecule has 4 aliphatic heterocycles. The standard InChI is InChI=1S/C61H64N10S4.2BrH/c1-70(42-36-66-46-20-6-10-24-50(46)72-54-28-16-32-62-58(54)66,43-37-67-47-21-7-11-25-51(47)73-55-29-17-33-63-59(55)67)40-14-4-3-5-15-41-71(2,44-38-68-48-22-8-12-26-52(48)74-56-30-18-34-64-60(56)68)45-39-69-49-23-9-13-27-53(49)75-57-31-19-35-65-61(57)69;;/h6-13,16-35H,3-5,14-15,36-45H2,1-2H3;2*1H/q+2;;/p-2. The molecule has 0 spiro atoms. The van der Waals surface area contributed by atoms with Crippen molar-refractivity contribution in [2.45, 2.75) is 71.3 Å². The van der Waals surface area contributed by atoms with Crippen molar-refractivity contribution >= 4 is 93.1 Å². The Morgan fingerprint density at radius 1 is 0.299 bits per heavy atom. The van der Waals surface area contributed by atoms with Crippen molar-refractivity contribution in [2.75, 3.05) is 99.1 Å². The summed E-state index contributed by atoms with van der Waals surface area (Å²) in [5.74, 6) is 4.28. The second-order valence-electron chi connectivity index (χ2n) is 20.5. The molecule has 0 saturated heterocycles. The molecule has 0 unspecified atom stereocenters. The summed E-state index contributed by atoms with van der Waals surface area (Å²) in [6.07, 6.45) is 13.8. The number of pyridine rings is 4. The first kappa shape index (κ1) is 55.3. The minimum absolute atomic E-state index is 0. The molecular weight excluding hydrogens is 1160 g/mol. The number of hydrogen-bond donors (Lipinski definition) is 0. The highest BCUT2D eigenvalue weighted by Crippen LogP contribution is 2.50. The molecular formula is C61H64Br2N10S4. The van der Waals surface area contributed by atoms with Crippen LogP contribution < -0.4 is 53.6 Å². The van der Waals surface area contributed by atoms with Gasteiger partial charge in [-0.25, -0.2) is 19.9 Å². The van der Waals surface area contributed by atoms with E-state index in [9.17, 15) is 0 Å². The second-order valence-corrected chi connectivity index (χ2v) is 24.9. The molecule has 0 aliphatic carbocycles. The van der Waals surface area contributed by atoms with Gasteiger partial charge in [-0.2, -0.15) is 0 Å². The first-order valence-electron chi connectivity index (χ1n) is 26.5. The predicted molar refractivity (Wildman–Crippen MR) is 312 cm³/mol. The van der Waals surface area contributed by atoms with Gasteiger partial charge in [0.15, 0.2) is 0 Å². The second kappa shape index (κ2) is 25.0. The summed E-state index contributed by atoms with van der Waals surface area (Å²) >= 11 is 7.33. The summed E-state index contributed by atoms with van der Waals surface area (Å²) in [4.78, 5) is 39.8. The number of halogens is 2. The Morgan fingerprint density at radius 2 is 0.532 bits per heavy atom. The van der Waals surface area contributed by atoms with Crippen molar-refractivity contribution in [3.8, 4) is 0 Å². The number of para-hydroxylation sites is 4. The molecule has 0 saturated carbocycles. The SMILES string of the molecule is C[N+](CCCCCCC[N+](C)(CCN1c2ccccc2Sc2cccnc21)CCN1c2ccccc2Sc2cccnc21)(CCN1c2ccccc2Sc2cccnc21)CCN1c2ccccc2Sc2cccnc21.[Br-].[Br-]. The Balaban J connectivity index is 0.00000336. The van der Waals surface area contributed by atoms with E-state index in [-0.39, 0.29) is 34.0 Å². The molecule has 8 aromatic rings. The zero-order chi connectivity index (χ0) is 50.6. The summed E-state index contributed by atoms with van der Waals surface area (Å²) in [7, 11) is 4.99. The molecule has 4 aromatic heterocycles. The molecule has 0 atom stereocenters. The van der Waals surface area contributed by atoms with Gasteiger partial charge in [-0.05, 0) is 123 Å². The molecule has 10 nitrogen and oxygen atoms in total. The fourth-order valence-electron chi connectivity index (χ4n) is 11.1. The van der Waals surface area contributed by atoms with E-state index >= 15 is 0 Å². The highest BCUT2D eigenvalue weighted by atomic mass is 79.9. The van der Waals surface area contributed by atoms with Gasteiger partial charge in [0.25, 0.3) is 0 Å². The minimum Gasteiger partial charge on any atom is -1.00 e. The number of unbranched alkanes of at least 4 members (excludes halogenated alkanes) is 4.